The summed E-state index contributed by atoms with van der Waals surface area (Å²) in [6.07, 6.45) is 2.62. The van der Waals surface area contributed by atoms with Gasteiger partial charge < -0.3 is 15.7 Å². The lowest BCUT2D eigenvalue weighted by molar-refractivity contribution is 0.318. The van der Waals surface area contributed by atoms with Gasteiger partial charge in [0.15, 0.2) is 5.84 Å². The third-order valence-corrected chi connectivity index (χ3v) is 3.96. The van der Waals surface area contributed by atoms with Crippen LogP contribution in [0.5, 0.6) is 5.75 Å². The molecule has 0 bridgehead atoms. The highest BCUT2D eigenvalue weighted by Crippen LogP contribution is 2.17. The molecule has 122 valence electrons. The number of nitrogens with zero attached hydrogens (tertiary/aromatic N) is 2. The highest BCUT2D eigenvalue weighted by molar-refractivity contribution is 5.98. The number of pyridine rings is 1. The van der Waals surface area contributed by atoms with Gasteiger partial charge in [-0.1, -0.05) is 24.2 Å². The average molecular weight is 313 g/mol. The van der Waals surface area contributed by atoms with Gasteiger partial charge in [0.2, 0.25) is 0 Å². The van der Waals surface area contributed by atoms with Gasteiger partial charge in [0.1, 0.15) is 5.75 Å². The van der Waals surface area contributed by atoms with Gasteiger partial charge in [0, 0.05) is 17.0 Å². The van der Waals surface area contributed by atoms with Crippen LogP contribution in [0.3, 0.4) is 0 Å². The van der Waals surface area contributed by atoms with E-state index in [1.54, 1.807) is 7.11 Å². The van der Waals surface area contributed by atoms with Crippen LogP contribution in [0.15, 0.2) is 35.5 Å². The van der Waals surface area contributed by atoms with Gasteiger partial charge in [0.05, 0.1) is 7.11 Å². The molecule has 0 radical (unpaired) electrons. The van der Waals surface area contributed by atoms with Crippen molar-refractivity contribution in [2.24, 2.45) is 10.9 Å². The molecule has 0 amide bonds. The van der Waals surface area contributed by atoms with Crippen molar-refractivity contribution in [1.82, 2.24) is 4.98 Å². The Balaban J connectivity index is 2.20. The molecule has 5 heteroatoms. The Morgan fingerprint density at radius 3 is 2.52 bits per heavy atom. The molecule has 0 aliphatic rings. The topological polar surface area (TPSA) is 80.7 Å². The molecule has 2 aromatic rings. The Bertz CT molecular complexity index is 694. The van der Waals surface area contributed by atoms with Crippen LogP contribution in [-0.2, 0) is 19.3 Å². The van der Waals surface area contributed by atoms with E-state index in [1.165, 1.54) is 5.56 Å². The van der Waals surface area contributed by atoms with Gasteiger partial charge in [-0.3, -0.25) is 4.98 Å². The summed E-state index contributed by atoms with van der Waals surface area (Å²) in [4.78, 5) is 4.67. The molecule has 1 aromatic carbocycles. The van der Waals surface area contributed by atoms with Crippen molar-refractivity contribution < 1.29 is 9.94 Å². The zero-order valence-corrected chi connectivity index (χ0v) is 13.8. The van der Waals surface area contributed by atoms with Crippen molar-refractivity contribution in [2.45, 2.75) is 33.1 Å². The number of methoxy groups -OCH3 is 1. The van der Waals surface area contributed by atoms with E-state index >= 15 is 0 Å². The number of hydrogen-bond acceptors (Lipinski definition) is 4. The van der Waals surface area contributed by atoms with Crippen LogP contribution in [0.1, 0.15) is 35.0 Å². The molecule has 0 aliphatic carbocycles. The third kappa shape index (κ3) is 4.00. The molecule has 0 atom stereocenters. The molecule has 0 fully saturated rings. The smallest absolute Gasteiger partial charge is 0.171 e. The van der Waals surface area contributed by atoms with Gasteiger partial charge in [-0.2, -0.15) is 0 Å². The highest BCUT2D eigenvalue weighted by Gasteiger charge is 2.11. The summed E-state index contributed by atoms with van der Waals surface area (Å²) in [5, 5.41) is 11.9. The van der Waals surface area contributed by atoms with Crippen molar-refractivity contribution in [3.63, 3.8) is 0 Å². The standard InChI is InChI=1S/C18H23N3O2/c1-4-14-11-16(18(19)21-22)12(2)20-17(14)10-7-13-5-8-15(23-3)9-6-13/h5-6,8-9,11,22H,4,7,10H2,1-3H3,(H2,19,21). The van der Waals surface area contributed by atoms with Gasteiger partial charge in [-0.15, -0.1) is 0 Å². The zero-order chi connectivity index (χ0) is 16.8. The first-order valence-electron chi connectivity index (χ1n) is 7.69. The van der Waals surface area contributed by atoms with E-state index in [0.717, 1.165) is 42.0 Å². The molecule has 0 unspecified atom stereocenters. The van der Waals surface area contributed by atoms with Crippen LogP contribution in [-0.4, -0.2) is 23.1 Å². The number of amidine groups is 1. The fourth-order valence-electron chi connectivity index (χ4n) is 2.59. The minimum absolute atomic E-state index is 0.103. The van der Waals surface area contributed by atoms with Crippen molar-refractivity contribution in [1.29, 1.82) is 0 Å². The van der Waals surface area contributed by atoms with Gasteiger partial charge in [-0.25, -0.2) is 0 Å². The molecule has 23 heavy (non-hydrogen) atoms. The minimum Gasteiger partial charge on any atom is -0.497 e. The normalized spacial score (nSPS) is 11.5. The molecule has 1 aromatic heterocycles. The number of benzene rings is 1. The molecule has 3 N–H and O–H groups in total. The number of aryl methyl sites for hydroxylation is 4. The molecular formula is C18H23N3O2. The summed E-state index contributed by atoms with van der Waals surface area (Å²) in [5.41, 5.74) is 10.6. The van der Waals surface area contributed by atoms with E-state index in [0.29, 0.717) is 5.56 Å². The van der Waals surface area contributed by atoms with E-state index in [2.05, 4.69) is 29.2 Å². The van der Waals surface area contributed by atoms with Crippen LogP contribution >= 0.6 is 0 Å². The predicted molar refractivity (Wildman–Crippen MR) is 91.3 cm³/mol. The van der Waals surface area contributed by atoms with Crippen LogP contribution in [0.2, 0.25) is 0 Å². The lowest BCUT2D eigenvalue weighted by Crippen LogP contribution is -2.17. The fourth-order valence-corrected chi connectivity index (χ4v) is 2.59. The monoisotopic (exact) mass is 313 g/mol. The molecule has 5 nitrogen and oxygen atoms in total. The maximum absolute atomic E-state index is 8.87. The highest BCUT2D eigenvalue weighted by atomic mass is 16.5. The maximum Gasteiger partial charge on any atom is 0.171 e. The average Bonchev–Trinajstić information content (AvgIpc) is 2.59. The minimum atomic E-state index is 0.103. The Kier molecular flexibility index (Phi) is 5.57. The van der Waals surface area contributed by atoms with E-state index in [9.17, 15) is 0 Å². The summed E-state index contributed by atoms with van der Waals surface area (Å²) in [7, 11) is 1.66. The maximum atomic E-state index is 8.87. The van der Waals surface area contributed by atoms with Crippen molar-refractivity contribution >= 4 is 5.84 Å². The lowest BCUT2D eigenvalue weighted by Gasteiger charge is -2.12. The van der Waals surface area contributed by atoms with E-state index < -0.39 is 0 Å². The number of nitrogens with two attached hydrogens (primary N) is 1. The summed E-state index contributed by atoms with van der Waals surface area (Å²) in [5.74, 6) is 0.964. The molecule has 0 aliphatic heterocycles. The second-order valence-corrected chi connectivity index (χ2v) is 5.41. The second-order valence-electron chi connectivity index (χ2n) is 5.41. The van der Waals surface area contributed by atoms with E-state index in [1.807, 2.05) is 25.1 Å². The molecule has 0 saturated heterocycles. The molecular weight excluding hydrogens is 290 g/mol. The summed E-state index contributed by atoms with van der Waals surface area (Å²) < 4.78 is 5.17. The SMILES string of the molecule is CCc1cc(/C(N)=N/O)c(C)nc1CCc1ccc(OC)cc1. The Hall–Kier alpha value is -2.56. The summed E-state index contributed by atoms with van der Waals surface area (Å²) in [6.45, 7) is 3.96. The van der Waals surface area contributed by atoms with Crippen LogP contribution in [0.25, 0.3) is 0 Å². The molecule has 1 heterocycles. The first-order chi connectivity index (χ1) is 11.1. The van der Waals surface area contributed by atoms with Gasteiger partial charge in [-0.05, 0) is 55.5 Å². The summed E-state index contributed by atoms with van der Waals surface area (Å²) >= 11 is 0. The number of aromatic nitrogens is 1. The van der Waals surface area contributed by atoms with Gasteiger partial charge >= 0.3 is 0 Å². The Labute approximate surface area is 136 Å². The van der Waals surface area contributed by atoms with Crippen molar-refractivity contribution in [2.75, 3.05) is 7.11 Å². The first-order valence-corrected chi connectivity index (χ1v) is 7.69. The number of hydrogen-bond donors (Lipinski definition) is 2. The fraction of sp³-hybridized carbons (Fsp3) is 0.333. The van der Waals surface area contributed by atoms with Crippen LogP contribution in [0.4, 0.5) is 0 Å². The lowest BCUT2D eigenvalue weighted by atomic mass is 10.00. The predicted octanol–water partition coefficient (Wildman–Crippen LogP) is 2.84. The molecule has 2 rings (SSSR count). The number of ether oxygens (including phenoxy) is 1. The van der Waals surface area contributed by atoms with Crippen molar-refractivity contribution in [3.8, 4) is 5.75 Å². The first kappa shape index (κ1) is 16.8. The quantitative estimate of drug-likeness (QED) is 0.372. The van der Waals surface area contributed by atoms with Crippen LogP contribution in [0, 0.1) is 6.92 Å². The Morgan fingerprint density at radius 2 is 1.96 bits per heavy atom. The third-order valence-electron chi connectivity index (χ3n) is 3.96. The molecule has 0 spiro atoms. The molecule has 0 saturated carbocycles. The van der Waals surface area contributed by atoms with Crippen LogP contribution < -0.4 is 10.5 Å². The number of rotatable bonds is 6. The van der Waals surface area contributed by atoms with E-state index in [4.69, 9.17) is 15.7 Å². The van der Waals surface area contributed by atoms with Crippen molar-refractivity contribution in [3.05, 3.63) is 58.4 Å². The second kappa shape index (κ2) is 7.63. The van der Waals surface area contributed by atoms with E-state index in [-0.39, 0.29) is 5.84 Å². The summed E-state index contributed by atoms with van der Waals surface area (Å²) in [6, 6.07) is 10.1. The van der Waals surface area contributed by atoms with Gasteiger partial charge in [0.25, 0.3) is 0 Å². The number of oxime groups is 1. The largest absolute Gasteiger partial charge is 0.497 e. The zero-order valence-electron chi connectivity index (χ0n) is 13.8. The Morgan fingerprint density at radius 1 is 1.26 bits per heavy atom.